The molecule has 8 heteroatoms. The monoisotopic (exact) mass is 427 g/mol. The van der Waals surface area contributed by atoms with Gasteiger partial charge in [0.2, 0.25) is 0 Å². The lowest BCUT2D eigenvalue weighted by molar-refractivity contribution is -0.119. The second-order valence-electron chi connectivity index (χ2n) is 7.19. The topological polar surface area (TPSA) is 80.3 Å². The molecular weight excluding hydrogens is 398 g/mol. The average molecular weight is 428 g/mol. The fourth-order valence-corrected chi connectivity index (χ4v) is 3.41. The molecule has 1 aliphatic heterocycles. The second-order valence-corrected chi connectivity index (χ2v) is 7.19. The summed E-state index contributed by atoms with van der Waals surface area (Å²) in [6, 6.07) is 12.4. The van der Waals surface area contributed by atoms with Gasteiger partial charge in [0.25, 0.3) is 5.91 Å². The molecule has 0 spiro atoms. The summed E-state index contributed by atoms with van der Waals surface area (Å²) in [4.78, 5) is 29.2. The fourth-order valence-electron chi connectivity index (χ4n) is 3.41. The SMILES string of the molecule is CCN1CCN(c2ccc(NC(=O)COC(=O)c3cc(OC)cc(OC)c3)cc2)CC1. The zero-order chi connectivity index (χ0) is 22.2. The lowest BCUT2D eigenvalue weighted by atomic mass is 10.2. The summed E-state index contributed by atoms with van der Waals surface area (Å²) in [5.74, 6) is -0.111. The zero-order valence-corrected chi connectivity index (χ0v) is 18.2. The van der Waals surface area contributed by atoms with Gasteiger partial charge >= 0.3 is 5.97 Å². The summed E-state index contributed by atoms with van der Waals surface area (Å²) in [6.45, 7) is 6.96. The highest BCUT2D eigenvalue weighted by molar-refractivity contribution is 5.96. The molecule has 1 heterocycles. The Morgan fingerprint density at radius 2 is 1.55 bits per heavy atom. The minimum Gasteiger partial charge on any atom is -0.497 e. The molecule has 1 N–H and O–H groups in total. The first-order valence-corrected chi connectivity index (χ1v) is 10.3. The number of methoxy groups -OCH3 is 2. The Morgan fingerprint density at radius 3 is 2.10 bits per heavy atom. The second kappa shape index (κ2) is 10.7. The molecule has 8 nitrogen and oxygen atoms in total. The smallest absolute Gasteiger partial charge is 0.338 e. The highest BCUT2D eigenvalue weighted by Crippen LogP contribution is 2.23. The molecule has 0 radical (unpaired) electrons. The van der Waals surface area contributed by atoms with Crippen molar-refractivity contribution in [3.8, 4) is 11.5 Å². The van der Waals surface area contributed by atoms with Gasteiger partial charge in [0.15, 0.2) is 6.61 Å². The molecule has 3 rings (SSSR count). The Balaban J connectivity index is 1.50. The van der Waals surface area contributed by atoms with E-state index in [2.05, 4.69) is 22.0 Å². The number of nitrogens with zero attached hydrogens (tertiary/aromatic N) is 2. The van der Waals surface area contributed by atoms with Crippen LogP contribution in [0.3, 0.4) is 0 Å². The van der Waals surface area contributed by atoms with Crippen LogP contribution in [0.5, 0.6) is 11.5 Å². The van der Waals surface area contributed by atoms with E-state index in [1.54, 1.807) is 6.07 Å². The van der Waals surface area contributed by atoms with Crippen molar-refractivity contribution in [2.75, 3.05) is 63.8 Å². The van der Waals surface area contributed by atoms with Crippen LogP contribution in [-0.2, 0) is 9.53 Å². The van der Waals surface area contributed by atoms with Crippen molar-refractivity contribution < 1.29 is 23.8 Å². The molecule has 1 aliphatic rings. The molecule has 2 aromatic rings. The van der Waals surface area contributed by atoms with Crippen LogP contribution < -0.4 is 19.7 Å². The molecule has 0 saturated carbocycles. The third kappa shape index (κ3) is 6.11. The Labute approximate surface area is 182 Å². The lowest BCUT2D eigenvalue weighted by Gasteiger charge is -2.35. The lowest BCUT2D eigenvalue weighted by Crippen LogP contribution is -2.46. The first-order chi connectivity index (χ1) is 15.0. The predicted octanol–water partition coefficient (Wildman–Crippen LogP) is 2.64. The first kappa shape index (κ1) is 22.4. The summed E-state index contributed by atoms with van der Waals surface area (Å²) in [5, 5.41) is 2.75. The van der Waals surface area contributed by atoms with E-state index in [-0.39, 0.29) is 12.2 Å². The molecule has 0 bridgehead atoms. The third-order valence-corrected chi connectivity index (χ3v) is 5.26. The van der Waals surface area contributed by atoms with Gasteiger partial charge in [-0.2, -0.15) is 0 Å². The van der Waals surface area contributed by atoms with Crippen LogP contribution in [0.15, 0.2) is 42.5 Å². The number of nitrogens with one attached hydrogen (secondary N) is 1. The van der Waals surface area contributed by atoms with Crippen molar-refractivity contribution in [1.29, 1.82) is 0 Å². The molecule has 1 saturated heterocycles. The first-order valence-electron chi connectivity index (χ1n) is 10.3. The molecule has 1 amide bonds. The van der Waals surface area contributed by atoms with E-state index in [1.807, 2.05) is 24.3 Å². The van der Waals surface area contributed by atoms with Gasteiger partial charge in [-0.1, -0.05) is 6.92 Å². The van der Waals surface area contributed by atoms with Crippen molar-refractivity contribution >= 4 is 23.3 Å². The van der Waals surface area contributed by atoms with Gasteiger partial charge < -0.3 is 29.3 Å². The molecular formula is C23H29N3O5. The van der Waals surface area contributed by atoms with Crippen LogP contribution in [0.4, 0.5) is 11.4 Å². The van der Waals surface area contributed by atoms with Gasteiger partial charge in [-0.25, -0.2) is 4.79 Å². The molecule has 0 unspecified atom stereocenters. The summed E-state index contributed by atoms with van der Waals surface area (Å²) in [6.07, 6.45) is 0. The molecule has 2 aromatic carbocycles. The fraction of sp³-hybridized carbons (Fsp3) is 0.391. The van der Waals surface area contributed by atoms with Crippen molar-refractivity contribution in [2.24, 2.45) is 0 Å². The van der Waals surface area contributed by atoms with Gasteiger partial charge in [0.1, 0.15) is 11.5 Å². The summed E-state index contributed by atoms with van der Waals surface area (Å²) in [5.41, 5.74) is 2.03. The molecule has 166 valence electrons. The summed E-state index contributed by atoms with van der Waals surface area (Å²) in [7, 11) is 2.99. The number of hydrogen-bond acceptors (Lipinski definition) is 7. The van der Waals surface area contributed by atoms with Crippen molar-refractivity contribution in [3.63, 3.8) is 0 Å². The Morgan fingerprint density at radius 1 is 0.935 bits per heavy atom. The van der Waals surface area contributed by atoms with Crippen molar-refractivity contribution in [3.05, 3.63) is 48.0 Å². The van der Waals surface area contributed by atoms with Gasteiger partial charge in [0, 0.05) is 43.6 Å². The maximum atomic E-state index is 12.3. The van der Waals surface area contributed by atoms with E-state index >= 15 is 0 Å². The number of carbonyl (C=O) groups is 2. The number of likely N-dealkylation sites (N-methyl/N-ethyl adjacent to an activating group) is 1. The minimum atomic E-state index is -0.631. The van der Waals surface area contributed by atoms with Crippen LogP contribution in [-0.4, -0.2) is 70.3 Å². The molecule has 31 heavy (non-hydrogen) atoms. The normalized spacial score (nSPS) is 14.1. The van der Waals surface area contributed by atoms with E-state index in [4.69, 9.17) is 14.2 Å². The van der Waals surface area contributed by atoms with E-state index in [9.17, 15) is 9.59 Å². The van der Waals surface area contributed by atoms with E-state index < -0.39 is 11.9 Å². The predicted molar refractivity (Wildman–Crippen MR) is 119 cm³/mol. The van der Waals surface area contributed by atoms with E-state index in [1.165, 1.54) is 26.4 Å². The maximum Gasteiger partial charge on any atom is 0.338 e. The third-order valence-electron chi connectivity index (χ3n) is 5.26. The van der Waals surface area contributed by atoms with Crippen LogP contribution >= 0.6 is 0 Å². The number of rotatable bonds is 8. The van der Waals surface area contributed by atoms with Crippen molar-refractivity contribution in [1.82, 2.24) is 4.90 Å². The Bertz CT molecular complexity index is 870. The van der Waals surface area contributed by atoms with Gasteiger partial charge in [-0.15, -0.1) is 0 Å². The average Bonchev–Trinajstić information content (AvgIpc) is 2.82. The van der Waals surface area contributed by atoms with Crippen molar-refractivity contribution in [2.45, 2.75) is 6.92 Å². The van der Waals surface area contributed by atoms with E-state index in [0.29, 0.717) is 17.2 Å². The Hall–Kier alpha value is -3.26. The van der Waals surface area contributed by atoms with Crippen LogP contribution in [0, 0.1) is 0 Å². The number of piperazine rings is 1. The number of carbonyl (C=O) groups excluding carboxylic acids is 2. The van der Waals surface area contributed by atoms with Crippen LogP contribution in [0.2, 0.25) is 0 Å². The quantitative estimate of drug-likeness (QED) is 0.649. The summed E-state index contributed by atoms with van der Waals surface area (Å²) >= 11 is 0. The number of hydrogen-bond donors (Lipinski definition) is 1. The van der Waals surface area contributed by atoms with Gasteiger partial charge in [-0.3, -0.25) is 4.79 Å². The highest BCUT2D eigenvalue weighted by atomic mass is 16.5. The zero-order valence-electron chi connectivity index (χ0n) is 18.2. The van der Waals surface area contributed by atoms with E-state index in [0.717, 1.165) is 38.4 Å². The highest BCUT2D eigenvalue weighted by Gasteiger charge is 2.16. The molecule has 1 fully saturated rings. The van der Waals surface area contributed by atoms with Gasteiger partial charge in [0.05, 0.1) is 19.8 Å². The Kier molecular flexibility index (Phi) is 7.72. The molecule has 0 aliphatic carbocycles. The van der Waals surface area contributed by atoms with Crippen LogP contribution in [0.25, 0.3) is 0 Å². The molecule has 0 atom stereocenters. The number of anilines is 2. The minimum absolute atomic E-state index is 0.247. The summed E-state index contributed by atoms with van der Waals surface area (Å²) < 4.78 is 15.4. The maximum absolute atomic E-state index is 12.3. The number of benzene rings is 2. The van der Waals surface area contributed by atoms with Crippen LogP contribution in [0.1, 0.15) is 17.3 Å². The number of esters is 1. The standard InChI is InChI=1S/C23H29N3O5/c1-4-25-9-11-26(12-10-25)19-7-5-18(6-8-19)24-22(27)16-31-23(28)17-13-20(29-2)15-21(14-17)30-3/h5-8,13-15H,4,9-12,16H2,1-3H3,(H,24,27). The number of ether oxygens (including phenoxy) is 3. The van der Waals surface area contributed by atoms with Gasteiger partial charge in [-0.05, 0) is 42.9 Å². The largest absolute Gasteiger partial charge is 0.497 e. The number of amides is 1. The molecule has 0 aromatic heterocycles.